The lowest BCUT2D eigenvalue weighted by atomic mass is 9.73. The smallest absolute Gasteiger partial charge is 0.0697 e. The largest absolute Gasteiger partial charge is 0.375 e. The average molecular weight is 223 g/mol. The minimum atomic E-state index is 0.297. The van der Waals surface area contributed by atoms with Crippen molar-refractivity contribution >= 4 is 0 Å². The van der Waals surface area contributed by atoms with Crippen LogP contribution >= 0.6 is 0 Å². The summed E-state index contributed by atoms with van der Waals surface area (Å²) in [6, 6.07) is 0.720. The minimum Gasteiger partial charge on any atom is -0.375 e. The van der Waals surface area contributed by atoms with Crippen molar-refractivity contribution in [2.75, 3.05) is 6.61 Å². The van der Waals surface area contributed by atoms with Crippen LogP contribution in [-0.2, 0) is 4.74 Å². The molecule has 1 aliphatic heterocycles. The minimum absolute atomic E-state index is 0.297. The zero-order chi connectivity index (χ0) is 11.1. The summed E-state index contributed by atoms with van der Waals surface area (Å²) in [5.74, 6) is 0. The Kier molecular flexibility index (Phi) is 2.75. The quantitative estimate of drug-likeness (QED) is 0.777. The van der Waals surface area contributed by atoms with E-state index >= 15 is 0 Å². The Labute approximate surface area is 99.1 Å². The molecule has 1 heterocycles. The van der Waals surface area contributed by atoms with Gasteiger partial charge < -0.3 is 10.1 Å². The second-order valence-corrected chi connectivity index (χ2v) is 6.49. The van der Waals surface area contributed by atoms with Gasteiger partial charge in [-0.2, -0.15) is 0 Å². The Balaban J connectivity index is 1.58. The van der Waals surface area contributed by atoms with E-state index in [-0.39, 0.29) is 0 Å². The van der Waals surface area contributed by atoms with Gasteiger partial charge in [-0.05, 0) is 51.9 Å². The molecule has 1 atom stereocenters. The third-order valence-corrected chi connectivity index (χ3v) is 5.02. The van der Waals surface area contributed by atoms with Crippen LogP contribution in [0.1, 0.15) is 64.7 Å². The Bertz CT molecular complexity index is 253. The molecular formula is C14H25NO. The average Bonchev–Trinajstić information content (AvgIpc) is 2.63. The lowest BCUT2D eigenvalue weighted by Crippen LogP contribution is -2.55. The van der Waals surface area contributed by atoms with Crippen LogP contribution < -0.4 is 5.32 Å². The molecule has 1 unspecified atom stereocenters. The molecule has 2 nitrogen and oxygen atoms in total. The zero-order valence-electron chi connectivity index (χ0n) is 10.6. The van der Waals surface area contributed by atoms with Gasteiger partial charge in [0.1, 0.15) is 0 Å². The van der Waals surface area contributed by atoms with E-state index in [0.717, 1.165) is 12.6 Å². The zero-order valence-corrected chi connectivity index (χ0v) is 10.6. The van der Waals surface area contributed by atoms with Gasteiger partial charge in [-0.15, -0.1) is 0 Å². The molecule has 2 heteroatoms. The van der Waals surface area contributed by atoms with Crippen molar-refractivity contribution in [3.63, 3.8) is 0 Å². The first-order valence-corrected chi connectivity index (χ1v) is 7.12. The van der Waals surface area contributed by atoms with Crippen LogP contribution in [0.25, 0.3) is 0 Å². The van der Waals surface area contributed by atoms with Crippen LogP contribution in [0, 0.1) is 0 Å². The van der Waals surface area contributed by atoms with Crippen molar-refractivity contribution in [1.29, 1.82) is 0 Å². The first-order valence-electron chi connectivity index (χ1n) is 7.12. The molecule has 0 aromatic carbocycles. The standard InChI is InChI=1S/C14H25NO/c1-13(6-2-3-7-13)15-12-5-10-16-14(11-12)8-4-9-14/h12,15H,2-11H2,1H3. The Hall–Kier alpha value is -0.0800. The van der Waals surface area contributed by atoms with Crippen molar-refractivity contribution in [3.05, 3.63) is 0 Å². The summed E-state index contributed by atoms with van der Waals surface area (Å²) in [4.78, 5) is 0. The van der Waals surface area contributed by atoms with Gasteiger partial charge in [0, 0.05) is 18.2 Å². The highest BCUT2D eigenvalue weighted by Crippen LogP contribution is 2.43. The summed E-state index contributed by atoms with van der Waals surface area (Å²) in [6.45, 7) is 3.40. The van der Waals surface area contributed by atoms with E-state index in [2.05, 4.69) is 12.2 Å². The fraction of sp³-hybridized carbons (Fsp3) is 1.00. The Morgan fingerprint density at radius 3 is 2.44 bits per heavy atom. The van der Waals surface area contributed by atoms with E-state index < -0.39 is 0 Å². The summed E-state index contributed by atoms with van der Waals surface area (Å²) in [7, 11) is 0. The van der Waals surface area contributed by atoms with Gasteiger partial charge in [-0.25, -0.2) is 0 Å². The molecule has 1 N–H and O–H groups in total. The van der Waals surface area contributed by atoms with E-state index in [1.165, 1.54) is 57.8 Å². The Morgan fingerprint density at radius 2 is 1.81 bits per heavy atom. The molecule has 92 valence electrons. The van der Waals surface area contributed by atoms with Crippen LogP contribution in [-0.4, -0.2) is 23.8 Å². The highest BCUT2D eigenvalue weighted by atomic mass is 16.5. The van der Waals surface area contributed by atoms with Crippen LogP contribution in [0.5, 0.6) is 0 Å². The van der Waals surface area contributed by atoms with Crippen molar-refractivity contribution in [2.45, 2.75) is 81.9 Å². The van der Waals surface area contributed by atoms with Crippen molar-refractivity contribution < 1.29 is 4.74 Å². The van der Waals surface area contributed by atoms with E-state index in [4.69, 9.17) is 4.74 Å². The van der Waals surface area contributed by atoms with Crippen molar-refractivity contribution in [2.24, 2.45) is 0 Å². The molecule has 2 aliphatic carbocycles. The first-order chi connectivity index (χ1) is 7.70. The summed E-state index contributed by atoms with van der Waals surface area (Å²) < 4.78 is 5.99. The number of hydrogen-bond donors (Lipinski definition) is 1. The summed E-state index contributed by atoms with van der Waals surface area (Å²) >= 11 is 0. The van der Waals surface area contributed by atoms with Gasteiger partial charge in [0.05, 0.1) is 5.60 Å². The molecule has 2 saturated carbocycles. The van der Waals surface area contributed by atoms with E-state index in [1.807, 2.05) is 0 Å². The van der Waals surface area contributed by atoms with Gasteiger partial charge >= 0.3 is 0 Å². The lowest BCUT2D eigenvalue weighted by molar-refractivity contribution is -0.137. The second kappa shape index (κ2) is 3.99. The van der Waals surface area contributed by atoms with Gasteiger partial charge in [0.25, 0.3) is 0 Å². The normalized spacial score (nSPS) is 36.2. The molecule has 0 aromatic heterocycles. The molecule has 16 heavy (non-hydrogen) atoms. The lowest BCUT2D eigenvalue weighted by Gasteiger charge is -2.48. The molecule has 1 saturated heterocycles. The Morgan fingerprint density at radius 1 is 1.06 bits per heavy atom. The van der Waals surface area contributed by atoms with Gasteiger partial charge in [0.2, 0.25) is 0 Å². The second-order valence-electron chi connectivity index (χ2n) is 6.49. The summed E-state index contributed by atoms with van der Waals surface area (Å²) in [6.07, 6.45) is 12.1. The molecule has 0 radical (unpaired) electrons. The van der Waals surface area contributed by atoms with Crippen LogP contribution in [0.4, 0.5) is 0 Å². The molecule has 0 bridgehead atoms. The third kappa shape index (κ3) is 2.02. The number of nitrogens with one attached hydrogen (secondary N) is 1. The molecule has 0 aromatic rings. The maximum absolute atomic E-state index is 5.99. The van der Waals surface area contributed by atoms with Crippen LogP contribution in [0.2, 0.25) is 0 Å². The molecule has 0 amide bonds. The monoisotopic (exact) mass is 223 g/mol. The van der Waals surface area contributed by atoms with Crippen molar-refractivity contribution in [3.8, 4) is 0 Å². The molecule has 1 spiro atoms. The number of rotatable bonds is 2. The number of hydrogen-bond acceptors (Lipinski definition) is 2. The van der Waals surface area contributed by atoms with E-state index in [9.17, 15) is 0 Å². The maximum atomic E-state index is 5.99. The fourth-order valence-electron chi connectivity index (χ4n) is 3.86. The molecular weight excluding hydrogens is 198 g/mol. The first kappa shape index (κ1) is 11.0. The topological polar surface area (TPSA) is 21.3 Å². The number of ether oxygens (including phenoxy) is 1. The fourth-order valence-corrected chi connectivity index (χ4v) is 3.86. The third-order valence-electron chi connectivity index (χ3n) is 5.02. The molecule has 3 rings (SSSR count). The van der Waals surface area contributed by atoms with Crippen molar-refractivity contribution in [1.82, 2.24) is 5.32 Å². The molecule has 3 aliphatic rings. The van der Waals surface area contributed by atoms with Crippen LogP contribution in [0.3, 0.4) is 0 Å². The van der Waals surface area contributed by atoms with Gasteiger partial charge in [0.15, 0.2) is 0 Å². The highest BCUT2D eigenvalue weighted by Gasteiger charge is 2.44. The van der Waals surface area contributed by atoms with E-state index in [0.29, 0.717) is 11.1 Å². The summed E-state index contributed by atoms with van der Waals surface area (Å²) in [5.41, 5.74) is 0.734. The SMILES string of the molecule is CC1(NC2CCOC3(CCC3)C2)CCCC1. The van der Waals surface area contributed by atoms with Crippen LogP contribution in [0.15, 0.2) is 0 Å². The van der Waals surface area contributed by atoms with E-state index in [1.54, 1.807) is 0 Å². The predicted molar refractivity (Wildman–Crippen MR) is 65.6 cm³/mol. The van der Waals surface area contributed by atoms with Gasteiger partial charge in [-0.3, -0.25) is 0 Å². The summed E-state index contributed by atoms with van der Waals surface area (Å²) in [5, 5.41) is 3.94. The highest BCUT2D eigenvalue weighted by molar-refractivity contribution is 4.99. The maximum Gasteiger partial charge on any atom is 0.0697 e. The predicted octanol–water partition coefficient (Wildman–Crippen LogP) is 3.01. The molecule has 3 fully saturated rings. The van der Waals surface area contributed by atoms with Gasteiger partial charge in [-0.1, -0.05) is 12.8 Å².